The van der Waals surface area contributed by atoms with Gasteiger partial charge >= 0.3 is 0 Å². The lowest BCUT2D eigenvalue weighted by Gasteiger charge is -2.36. The Balaban J connectivity index is 1.36. The lowest BCUT2D eigenvalue weighted by Crippen LogP contribution is -2.47. The average molecular weight is 387 g/mol. The maximum Gasteiger partial charge on any atom is 0.159 e. The molecule has 0 aliphatic carbocycles. The van der Waals surface area contributed by atoms with Crippen LogP contribution in [0.1, 0.15) is 11.4 Å². The number of hydrogen-bond acceptors (Lipinski definition) is 8. The molecule has 5 rings (SSSR count). The number of aromatic nitrogens is 7. The second kappa shape index (κ2) is 7.08. The van der Waals surface area contributed by atoms with E-state index in [0.717, 1.165) is 65.9 Å². The fourth-order valence-electron chi connectivity index (χ4n) is 3.78. The van der Waals surface area contributed by atoms with Crippen molar-refractivity contribution in [3.8, 4) is 5.82 Å². The highest BCUT2D eigenvalue weighted by molar-refractivity contribution is 5.88. The smallest absolute Gasteiger partial charge is 0.159 e. The number of anilines is 2. The number of rotatable bonds is 3. The van der Waals surface area contributed by atoms with Crippen molar-refractivity contribution >= 4 is 22.5 Å². The van der Waals surface area contributed by atoms with Crippen molar-refractivity contribution in [3.63, 3.8) is 0 Å². The summed E-state index contributed by atoms with van der Waals surface area (Å²) in [4.78, 5) is 26.5. The zero-order valence-electron chi connectivity index (χ0n) is 16.4. The molecule has 1 saturated heterocycles. The van der Waals surface area contributed by atoms with Gasteiger partial charge in [0.25, 0.3) is 0 Å². The molecule has 4 aromatic heterocycles. The van der Waals surface area contributed by atoms with Crippen molar-refractivity contribution in [2.24, 2.45) is 0 Å². The van der Waals surface area contributed by atoms with Crippen LogP contribution in [-0.4, -0.2) is 60.9 Å². The molecule has 1 fully saturated rings. The van der Waals surface area contributed by atoms with Crippen molar-refractivity contribution in [1.82, 2.24) is 34.7 Å². The van der Waals surface area contributed by atoms with Crippen LogP contribution in [0.2, 0.25) is 0 Å². The standard InChI is InChI=1S/C20H21N9/c1-14-9-15(2)29(26-14)19-10-18(23-13-24-19)27-5-7-28(8-6-27)20-16-3-4-21-11-17(16)22-12-25-20/h3-4,9-13H,5-8H2,1-2H3. The van der Waals surface area contributed by atoms with E-state index in [1.54, 1.807) is 25.0 Å². The molecule has 5 heterocycles. The Bertz CT molecular complexity index is 1160. The molecule has 9 nitrogen and oxygen atoms in total. The first-order valence-electron chi connectivity index (χ1n) is 9.59. The molecule has 0 spiro atoms. The van der Waals surface area contributed by atoms with Gasteiger partial charge in [-0.25, -0.2) is 24.6 Å². The lowest BCUT2D eigenvalue weighted by atomic mass is 10.2. The highest BCUT2D eigenvalue weighted by atomic mass is 15.3. The summed E-state index contributed by atoms with van der Waals surface area (Å²) in [6.45, 7) is 7.43. The monoisotopic (exact) mass is 387 g/mol. The van der Waals surface area contributed by atoms with Crippen molar-refractivity contribution in [1.29, 1.82) is 0 Å². The minimum absolute atomic E-state index is 0.789. The average Bonchev–Trinajstić information content (AvgIpc) is 3.11. The molecule has 4 aromatic rings. The summed E-state index contributed by atoms with van der Waals surface area (Å²) >= 11 is 0. The van der Waals surface area contributed by atoms with E-state index in [9.17, 15) is 0 Å². The Kier molecular flexibility index (Phi) is 4.27. The van der Waals surface area contributed by atoms with Crippen LogP contribution in [0, 0.1) is 13.8 Å². The van der Waals surface area contributed by atoms with Gasteiger partial charge in [-0.1, -0.05) is 0 Å². The fraction of sp³-hybridized carbons (Fsp3) is 0.300. The van der Waals surface area contributed by atoms with E-state index in [-0.39, 0.29) is 0 Å². The van der Waals surface area contributed by atoms with Gasteiger partial charge in [0.05, 0.1) is 17.4 Å². The van der Waals surface area contributed by atoms with Crippen LogP contribution in [0.4, 0.5) is 11.6 Å². The van der Waals surface area contributed by atoms with Crippen LogP contribution >= 0.6 is 0 Å². The zero-order chi connectivity index (χ0) is 19.8. The summed E-state index contributed by atoms with van der Waals surface area (Å²) in [5.41, 5.74) is 2.90. The second-order valence-electron chi connectivity index (χ2n) is 7.14. The van der Waals surface area contributed by atoms with Crippen molar-refractivity contribution in [3.05, 3.63) is 54.6 Å². The Hall–Kier alpha value is -3.62. The van der Waals surface area contributed by atoms with E-state index in [0.29, 0.717) is 0 Å². The van der Waals surface area contributed by atoms with Crippen molar-refractivity contribution in [2.75, 3.05) is 36.0 Å². The van der Waals surface area contributed by atoms with E-state index in [4.69, 9.17) is 0 Å². The minimum atomic E-state index is 0.789. The Morgan fingerprint density at radius 2 is 1.59 bits per heavy atom. The van der Waals surface area contributed by atoms with Crippen LogP contribution in [0.5, 0.6) is 0 Å². The van der Waals surface area contributed by atoms with Gasteiger partial charge in [-0.05, 0) is 26.0 Å². The highest BCUT2D eigenvalue weighted by Crippen LogP contribution is 2.24. The third kappa shape index (κ3) is 3.24. The zero-order valence-corrected chi connectivity index (χ0v) is 16.4. The third-order valence-electron chi connectivity index (χ3n) is 5.19. The van der Waals surface area contributed by atoms with Gasteiger partial charge in [-0.3, -0.25) is 4.98 Å². The minimum Gasteiger partial charge on any atom is -0.353 e. The summed E-state index contributed by atoms with van der Waals surface area (Å²) < 4.78 is 1.86. The molecule has 0 bridgehead atoms. The maximum absolute atomic E-state index is 4.53. The molecule has 146 valence electrons. The highest BCUT2D eigenvalue weighted by Gasteiger charge is 2.21. The lowest BCUT2D eigenvalue weighted by molar-refractivity contribution is 0.641. The first kappa shape index (κ1) is 17.5. The molecule has 0 radical (unpaired) electrons. The van der Waals surface area contributed by atoms with Gasteiger partial charge in [0.1, 0.15) is 24.3 Å². The molecular formula is C20H21N9. The summed E-state index contributed by atoms with van der Waals surface area (Å²) in [7, 11) is 0. The van der Waals surface area contributed by atoms with Crippen LogP contribution in [0.25, 0.3) is 16.7 Å². The number of aryl methyl sites for hydroxylation is 2. The van der Waals surface area contributed by atoms with Gasteiger partial charge in [0.2, 0.25) is 0 Å². The Morgan fingerprint density at radius 3 is 2.38 bits per heavy atom. The second-order valence-corrected chi connectivity index (χ2v) is 7.14. The first-order valence-corrected chi connectivity index (χ1v) is 9.59. The number of nitrogens with zero attached hydrogens (tertiary/aromatic N) is 9. The van der Waals surface area contributed by atoms with Gasteiger partial charge in [0, 0.05) is 49.5 Å². The van der Waals surface area contributed by atoms with Crippen LogP contribution < -0.4 is 9.80 Å². The molecule has 0 amide bonds. The molecular weight excluding hydrogens is 366 g/mol. The quantitative estimate of drug-likeness (QED) is 0.527. The van der Waals surface area contributed by atoms with Gasteiger partial charge < -0.3 is 9.80 Å². The number of piperazine rings is 1. The molecule has 1 aliphatic heterocycles. The largest absolute Gasteiger partial charge is 0.353 e. The van der Waals surface area contributed by atoms with Crippen LogP contribution in [0.15, 0.2) is 43.2 Å². The summed E-state index contributed by atoms with van der Waals surface area (Å²) in [5, 5.41) is 5.56. The Labute approximate surface area is 168 Å². The van der Waals surface area contributed by atoms with Crippen molar-refractivity contribution in [2.45, 2.75) is 13.8 Å². The normalized spacial score (nSPS) is 14.6. The predicted octanol–water partition coefficient (Wildman–Crippen LogP) is 1.94. The van der Waals surface area contributed by atoms with Crippen molar-refractivity contribution < 1.29 is 0 Å². The molecule has 29 heavy (non-hydrogen) atoms. The molecule has 9 heteroatoms. The van der Waals surface area contributed by atoms with E-state index in [1.165, 1.54) is 0 Å². The van der Waals surface area contributed by atoms with Gasteiger partial charge in [0.15, 0.2) is 5.82 Å². The number of fused-ring (bicyclic) bond motifs is 1. The Morgan fingerprint density at radius 1 is 0.828 bits per heavy atom. The maximum atomic E-state index is 4.53. The van der Waals surface area contributed by atoms with Crippen LogP contribution in [0.3, 0.4) is 0 Å². The fourth-order valence-corrected chi connectivity index (χ4v) is 3.78. The molecule has 0 saturated carbocycles. The SMILES string of the molecule is Cc1cc(C)n(-c2cc(N3CCN(c4ncnc5cnccc45)CC3)ncn2)n1. The first-order chi connectivity index (χ1) is 14.2. The number of pyridine rings is 1. The summed E-state index contributed by atoms with van der Waals surface area (Å²) in [6.07, 6.45) is 6.78. The van der Waals surface area contributed by atoms with E-state index in [2.05, 4.69) is 39.8 Å². The molecule has 0 aromatic carbocycles. The number of hydrogen-bond donors (Lipinski definition) is 0. The van der Waals surface area contributed by atoms with E-state index < -0.39 is 0 Å². The van der Waals surface area contributed by atoms with Gasteiger partial charge in [-0.2, -0.15) is 5.10 Å². The predicted molar refractivity (Wildman–Crippen MR) is 110 cm³/mol. The molecule has 1 aliphatic rings. The summed E-state index contributed by atoms with van der Waals surface area (Å²) in [5.74, 6) is 2.67. The molecule has 0 unspecified atom stereocenters. The van der Waals surface area contributed by atoms with Gasteiger partial charge in [-0.15, -0.1) is 0 Å². The summed E-state index contributed by atoms with van der Waals surface area (Å²) in [6, 6.07) is 6.02. The van der Waals surface area contributed by atoms with E-state index in [1.807, 2.05) is 36.7 Å². The molecule has 0 N–H and O–H groups in total. The third-order valence-corrected chi connectivity index (χ3v) is 5.19. The van der Waals surface area contributed by atoms with E-state index >= 15 is 0 Å². The van der Waals surface area contributed by atoms with Crippen LogP contribution in [-0.2, 0) is 0 Å². The molecule has 0 atom stereocenters. The topological polar surface area (TPSA) is 88.8 Å².